The van der Waals surface area contributed by atoms with Crippen molar-refractivity contribution in [2.45, 2.75) is 37.6 Å². The Labute approximate surface area is 161 Å². The topological polar surface area (TPSA) is 84.5 Å². The Morgan fingerprint density at radius 1 is 1.07 bits per heavy atom. The third-order valence-corrected chi connectivity index (χ3v) is 5.52. The van der Waals surface area contributed by atoms with Crippen LogP contribution in [0.4, 0.5) is 0 Å². The number of benzene rings is 2. The zero-order chi connectivity index (χ0) is 19.7. The predicted octanol–water partition coefficient (Wildman–Crippen LogP) is 3.09. The van der Waals surface area contributed by atoms with Crippen molar-refractivity contribution in [2.75, 3.05) is 13.7 Å². The molecule has 7 heteroatoms. The molecular weight excluding hydrogens is 364 g/mol. The second kappa shape index (κ2) is 10.1. The van der Waals surface area contributed by atoms with Crippen molar-refractivity contribution in [1.82, 2.24) is 10.0 Å². The monoisotopic (exact) mass is 390 g/mol. The van der Waals surface area contributed by atoms with Crippen molar-refractivity contribution in [3.05, 3.63) is 59.7 Å². The van der Waals surface area contributed by atoms with E-state index in [4.69, 9.17) is 4.74 Å². The van der Waals surface area contributed by atoms with E-state index < -0.39 is 10.0 Å². The van der Waals surface area contributed by atoms with Gasteiger partial charge >= 0.3 is 0 Å². The summed E-state index contributed by atoms with van der Waals surface area (Å²) in [6.07, 6.45) is 3.02. The Bertz CT molecular complexity index is 866. The largest absolute Gasteiger partial charge is 0.496 e. The van der Waals surface area contributed by atoms with Crippen LogP contribution < -0.4 is 14.8 Å². The third kappa shape index (κ3) is 6.08. The molecule has 0 aromatic heterocycles. The minimum absolute atomic E-state index is 0.0543. The highest BCUT2D eigenvalue weighted by Crippen LogP contribution is 2.18. The van der Waals surface area contributed by atoms with E-state index in [0.29, 0.717) is 17.9 Å². The summed E-state index contributed by atoms with van der Waals surface area (Å²) >= 11 is 0. The molecule has 0 fully saturated rings. The van der Waals surface area contributed by atoms with Crippen LogP contribution in [0, 0.1) is 0 Å². The van der Waals surface area contributed by atoms with Gasteiger partial charge in [0.25, 0.3) is 5.91 Å². The SMILES string of the molecule is CCCCCNC(=O)c1cccc(S(=O)(=O)NCc2ccccc2OC)c1. The van der Waals surface area contributed by atoms with Crippen LogP contribution in [0.25, 0.3) is 0 Å². The van der Waals surface area contributed by atoms with Gasteiger partial charge < -0.3 is 10.1 Å². The van der Waals surface area contributed by atoms with Crippen molar-refractivity contribution >= 4 is 15.9 Å². The number of carbonyl (C=O) groups excluding carboxylic acids is 1. The number of amides is 1. The van der Waals surface area contributed by atoms with Gasteiger partial charge in [-0.25, -0.2) is 13.1 Å². The van der Waals surface area contributed by atoms with Crippen LogP contribution in [0.1, 0.15) is 42.1 Å². The van der Waals surface area contributed by atoms with Crippen LogP contribution in [0.2, 0.25) is 0 Å². The first-order valence-corrected chi connectivity index (χ1v) is 10.5. The van der Waals surface area contributed by atoms with E-state index in [-0.39, 0.29) is 17.3 Å². The Morgan fingerprint density at radius 3 is 2.59 bits per heavy atom. The van der Waals surface area contributed by atoms with E-state index in [1.54, 1.807) is 24.3 Å². The van der Waals surface area contributed by atoms with Gasteiger partial charge in [-0.05, 0) is 30.7 Å². The molecule has 0 unspecified atom stereocenters. The molecule has 0 radical (unpaired) electrons. The predicted molar refractivity (Wildman–Crippen MR) is 105 cm³/mol. The fraction of sp³-hybridized carbons (Fsp3) is 0.350. The molecule has 0 saturated carbocycles. The summed E-state index contributed by atoms with van der Waals surface area (Å²) in [6, 6.07) is 13.2. The van der Waals surface area contributed by atoms with E-state index in [1.165, 1.54) is 19.2 Å². The zero-order valence-corrected chi connectivity index (χ0v) is 16.5. The third-order valence-electron chi connectivity index (χ3n) is 4.12. The number of sulfonamides is 1. The summed E-state index contributed by atoms with van der Waals surface area (Å²) in [4.78, 5) is 12.3. The molecule has 146 valence electrons. The summed E-state index contributed by atoms with van der Waals surface area (Å²) < 4.78 is 33.0. The van der Waals surface area contributed by atoms with Crippen LogP contribution >= 0.6 is 0 Å². The lowest BCUT2D eigenvalue weighted by Crippen LogP contribution is -2.26. The molecular formula is C20H26N2O4S. The zero-order valence-electron chi connectivity index (χ0n) is 15.7. The van der Waals surface area contributed by atoms with Gasteiger partial charge in [0.05, 0.1) is 12.0 Å². The fourth-order valence-corrected chi connectivity index (χ4v) is 3.64. The van der Waals surface area contributed by atoms with Gasteiger partial charge in [-0.1, -0.05) is 44.0 Å². The van der Waals surface area contributed by atoms with Crippen LogP contribution in [0.5, 0.6) is 5.75 Å². The van der Waals surface area contributed by atoms with Gasteiger partial charge in [0, 0.05) is 24.2 Å². The maximum atomic E-state index is 12.6. The maximum absolute atomic E-state index is 12.6. The normalized spacial score (nSPS) is 11.2. The minimum Gasteiger partial charge on any atom is -0.496 e. The Kier molecular flexibility index (Phi) is 7.82. The van der Waals surface area contributed by atoms with Crippen LogP contribution in [-0.2, 0) is 16.6 Å². The lowest BCUT2D eigenvalue weighted by atomic mass is 10.2. The van der Waals surface area contributed by atoms with Crippen molar-refractivity contribution in [3.63, 3.8) is 0 Å². The fourth-order valence-electron chi connectivity index (χ4n) is 2.59. The molecule has 0 saturated heterocycles. The molecule has 27 heavy (non-hydrogen) atoms. The Hall–Kier alpha value is -2.38. The van der Waals surface area contributed by atoms with Gasteiger partial charge in [0.1, 0.15) is 5.75 Å². The first-order valence-electron chi connectivity index (χ1n) is 8.97. The number of carbonyl (C=O) groups is 1. The smallest absolute Gasteiger partial charge is 0.251 e. The van der Waals surface area contributed by atoms with Crippen molar-refractivity contribution < 1.29 is 17.9 Å². The lowest BCUT2D eigenvalue weighted by molar-refractivity contribution is 0.0952. The molecule has 0 aliphatic heterocycles. The van der Waals surface area contributed by atoms with E-state index in [1.807, 2.05) is 12.1 Å². The second-order valence-corrected chi connectivity index (χ2v) is 7.89. The van der Waals surface area contributed by atoms with E-state index in [0.717, 1.165) is 24.8 Å². The molecule has 0 heterocycles. The van der Waals surface area contributed by atoms with Crippen LogP contribution in [0.15, 0.2) is 53.4 Å². The molecule has 2 aromatic rings. The molecule has 2 aromatic carbocycles. The Morgan fingerprint density at radius 2 is 1.85 bits per heavy atom. The van der Waals surface area contributed by atoms with E-state index >= 15 is 0 Å². The van der Waals surface area contributed by atoms with Gasteiger partial charge in [-0.3, -0.25) is 4.79 Å². The van der Waals surface area contributed by atoms with Gasteiger partial charge in [0.2, 0.25) is 10.0 Å². The standard InChI is InChI=1S/C20H26N2O4S/c1-3-4-7-13-21-20(23)16-10-8-11-18(14-16)27(24,25)22-15-17-9-5-6-12-19(17)26-2/h5-6,8-12,14,22H,3-4,7,13,15H2,1-2H3,(H,21,23). The number of hydrogen-bond acceptors (Lipinski definition) is 4. The molecule has 2 rings (SSSR count). The molecule has 0 aliphatic carbocycles. The summed E-state index contributed by atoms with van der Waals surface area (Å²) in [7, 11) is -2.22. The maximum Gasteiger partial charge on any atom is 0.251 e. The molecule has 6 nitrogen and oxygen atoms in total. The number of unbranched alkanes of at least 4 members (excludes halogenated alkanes) is 2. The van der Waals surface area contributed by atoms with Gasteiger partial charge in [0.15, 0.2) is 0 Å². The first-order chi connectivity index (χ1) is 13.0. The number of methoxy groups -OCH3 is 1. The highest BCUT2D eigenvalue weighted by atomic mass is 32.2. The first kappa shape index (κ1) is 20.9. The summed E-state index contributed by atoms with van der Waals surface area (Å²) in [6.45, 7) is 2.77. The van der Waals surface area contributed by atoms with Crippen LogP contribution in [-0.4, -0.2) is 28.0 Å². The minimum atomic E-state index is -3.75. The quantitative estimate of drug-likeness (QED) is 0.611. The molecule has 0 atom stereocenters. The number of ether oxygens (including phenoxy) is 1. The summed E-state index contributed by atoms with van der Waals surface area (Å²) in [5.74, 6) is 0.341. The average molecular weight is 391 g/mol. The molecule has 1 amide bonds. The Balaban J connectivity index is 2.06. The van der Waals surface area contributed by atoms with E-state index in [9.17, 15) is 13.2 Å². The van der Waals surface area contributed by atoms with Crippen LogP contribution in [0.3, 0.4) is 0 Å². The van der Waals surface area contributed by atoms with Gasteiger partial charge in [-0.2, -0.15) is 0 Å². The van der Waals surface area contributed by atoms with Crippen molar-refractivity contribution in [2.24, 2.45) is 0 Å². The van der Waals surface area contributed by atoms with Gasteiger partial charge in [-0.15, -0.1) is 0 Å². The number of hydrogen-bond donors (Lipinski definition) is 2. The molecule has 2 N–H and O–H groups in total. The highest BCUT2D eigenvalue weighted by molar-refractivity contribution is 7.89. The number of para-hydroxylation sites is 1. The van der Waals surface area contributed by atoms with E-state index in [2.05, 4.69) is 17.0 Å². The van der Waals surface area contributed by atoms with Crippen molar-refractivity contribution in [3.8, 4) is 5.75 Å². The summed E-state index contributed by atoms with van der Waals surface area (Å²) in [5.41, 5.74) is 1.06. The second-order valence-electron chi connectivity index (χ2n) is 6.13. The highest BCUT2D eigenvalue weighted by Gasteiger charge is 2.17. The number of nitrogens with one attached hydrogen (secondary N) is 2. The summed E-state index contributed by atoms with van der Waals surface area (Å²) in [5, 5.41) is 2.81. The average Bonchev–Trinajstić information content (AvgIpc) is 2.70. The lowest BCUT2D eigenvalue weighted by Gasteiger charge is -2.11. The van der Waals surface area contributed by atoms with Crippen molar-refractivity contribution in [1.29, 1.82) is 0 Å². The number of rotatable bonds is 10. The molecule has 0 bridgehead atoms. The molecule has 0 aliphatic rings. The molecule has 0 spiro atoms.